The molecule has 1 aliphatic rings. The van der Waals surface area contributed by atoms with Crippen molar-refractivity contribution in [2.45, 2.75) is 50.6 Å². The van der Waals surface area contributed by atoms with Crippen molar-refractivity contribution in [3.05, 3.63) is 40.5 Å². The van der Waals surface area contributed by atoms with Crippen molar-refractivity contribution in [2.75, 3.05) is 30.1 Å². The van der Waals surface area contributed by atoms with Crippen LogP contribution in [0.4, 0.5) is 11.4 Å². The summed E-state index contributed by atoms with van der Waals surface area (Å²) in [5, 5.41) is 13.9. The van der Waals surface area contributed by atoms with Gasteiger partial charge < -0.3 is 10.2 Å². The Morgan fingerprint density at radius 3 is 2.67 bits per heavy atom. The van der Waals surface area contributed by atoms with E-state index in [9.17, 15) is 4.79 Å². The van der Waals surface area contributed by atoms with E-state index in [0.29, 0.717) is 0 Å². The number of hydrogen-bond donors (Lipinski definition) is 1. The third-order valence-electron chi connectivity index (χ3n) is 5.97. The summed E-state index contributed by atoms with van der Waals surface area (Å²) in [5.41, 5.74) is 4.16. The van der Waals surface area contributed by atoms with Gasteiger partial charge in [-0.05, 0) is 55.5 Å². The van der Waals surface area contributed by atoms with Crippen LogP contribution in [-0.2, 0) is 17.6 Å². The molecule has 3 aromatic heterocycles. The SMILES string of the molecule is CC(C)c1nc2sc3c(c2c2nnc(SCC(=O)Nc4ccc(N(C)C)cc4)n12)CCCC3. The number of thiophene rings is 1. The normalized spacial score (nSPS) is 13.6. The average Bonchev–Trinajstić information content (AvgIpc) is 3.38. The van der Waals surface area contributed by atoms with Crippen molar-refractivity contribution < 1.29 is 4.79 Å². The molecule has 0 saturated heterocycles. The van der Waals surface area contributed by atoms with Gasteiger partial charge in [0, 0.05) is 36.3 Å². The van der Waals surface area contributed by atoms with E-state index in [1.165, 1.54) is 35.0 Å². The summed E-state index contributed by atoms with van der Waals surface area (Å²) in [6.07, 6.45) is 4.67. The summed E-state index contributed by atoms with van der Waals surface area (Å²) in [6.45, 7) is 4.28. The van der Waals surface area contributed by atoms with Crippen LogP contribution in [0.5, 0.6) is 0 Å². The first-order chi connectivity index (χ1) is 15.9. The standard InChI is InChI=1S/C24H28N6OS2/c1-14(2)21-26-23-20(17-7-5-6-8-18(17)33-23)22-27-28-24(30(21)22)32-13-19(31)25-15-9-11-16(12-10-15)29(3)4/h9-12,14H,5-8,13H2,1-4H3,(H,25,31). The Labute approximate surface area is 201 Å². The van der Waals surface area contributed by atoms with Gasteiger partial charge in [0.05, 0.1) is 11.1 Å². The molecule has 0 aliphatic heterocycles. The van der Waals surface area contributed by atoms with Gasteiger partial charge >= 0.3 is 0 Å². The predicted octanol–water partition coefficient (Wildman–Crippen LogP) is 5.14. The van der Waals surface area contributed by atoms with E-state index in [0.717, 1.165) is 51.1 Å². The minimum absolute atomic E-state index is 0.0672. The molecule has 172 valence electrons. The van der Waals surface area contributed by atoms with Gasteiger partial charge in [0.1, 0.15) is 10.7 Å². The molecule has 9 heteroatoms. The van der Waals surface area contributed by atoms with E-state index in [2.05, 4.69) is 33.8 Å². The lowest BCUT2D eigenvalue weighted by Crippen LogP contribution is -2.15. The highest BCUT2D eigenvalue weighted by Crippen LogP contribution is 2.39. The zero-order valence-corrected chi connectivity index (χ0v) is 21.0. The Morgan fingerprint density at radius 2 is 1.94 bits per heavy atom. The summed E-state index contributed by atoms with van der Waals surface area (Å²) in [7, 11) is 3.99. The molecule has 0 fully saturated rings. The molecule has 33 heavy (non-hydrogen) atoms. The highest BCUT2D eigenvalue weighted by molar-refractivity contribution is 7.99. The van der Waals surface area contributed by atoms with Crippen LogP contribution in [-0.4, -0.2) is 45.3 Å². The predicted molar refractivity (Wildman–Crippen MR) is 137 cm³/mol. The largest absolute Gasteiger partial charge is 0.378 e. The molecule has 0 unspecified atom stereocenters. The molecule has 7 nitrogen and oxygen atoms in total. The number of amides is 1. The second-order valence-electron chi connectivity index (χ2n) is 8.94. The van der Waals surface area contributed by atoms with Crippen LogP contribution in [0, 0.1) is 0 Å². The molecule has 0 spiro atoms. The maximum absolute atomic E-state index is 12.6. The topological polar surface area (TPSA) is 75.4 Å². The first-order valence-electron chi connectivity index (χ1n) is 11.3. The molecule has 3 heterocycles. The zero-order valence-electron chi connectivity index (χ0n) is 19.4. The first kappa shape index (κ1) is 22.2. The van der Waals surface area contributed by atoms with E-state index >= 15 is 0 Å². The Morgan fingerprint density at radius 1 is 1.18 bits per heavy atom. The number of aryl methyl sites for hydroxylation is 2. The van der Waals surface area contributed by atoms with Gasteiger partial charge in [-0.15, -0.1) is 21.5 Å². The number of carbonyl (C=O) groups is 1. The van der Waals surface area contributed by atoms with Gasteiger partial charge in [0.2, 0.25) is 5.91 Å². The fourth-order valence-electron chi connectivity index (χ4n) is 4.30. The number of thioether (sulfide) groups is 1. The minimum atomic E-state index is -0.0672. The fourth-order valence-corrected chi connectivity index (χ4v) is 6.31. The number of nitrogens with one attached hydrogen (secondary N) is 1. The van der Waals surface area contributed by atoms with E-state index in [-0.39, 0.29) is 17.6 Å². The van der Waals surface area contributed by atoms with Crippen molar-refractivity contribution in [3.8, 4) is 0 Å². The highest BCUT2D eigenvalue weighted by atomic mass is 32.2. The second kappa shape index (κ2) is 8.95. The fraction of sp³-hybridized carbons (Fsp3) is 0.417. The van der Waals surface area contributed by atoms with Crippen LogP contribution in [0.2, 0.25) is 0 Å². The summed E-state index contributed by atoms with van der Waals surface area (Å²) >= 11 is 3.22. The molecule has 0 radical (unpaired) electrons. The number of aromatic nitrogens is 4. The molecule has 1 amide bonds. The molecule has 5 rings (SSSR count). The van der Waals surface area contributed by atoms with Crippen LogP contribution in [0.3, 0.4) is 0 Å². The van der Waals surface area contributed by atoms with Crippen molar-refractivity contribution >= 4 is 56.2 Å². The Balaban J connectivity index is 1.42. The monoisotopic (exact) mass is 480 g/mol. The van der Waals surface area contributed by atoms with Gasteiger partial charge in [0.25, 0.3) is 0 Å². The van der Waals surface area contributed by atoms with Crippen molar-refractivity contribution in [1.29, 1.82) is 0 Å². The van der Waals surface area contributed by atoms with Crippen LogP contribution in [0.25, 0.3) is 15.9 Å². The summed E-state index contributed by atoms with van der Waals surface area (Å²) < 4.78 is 2.07. The third-order valence-corrected chi connectivity index (χ3v) is 8.09. The second-order valence-corrected chi connectivity index (χ2v) is 11.0. The smallest absolute Gasteiger partial charge is 0.234 e. The number of nitrogens with zero attached hydrogens (tertiary/aromatic N) is 5. The molecule has 0 bridgehead atoms. The van der Waals surface area contributed by atoms with Crippen molar-refractivity contribution in [1.82, 2.24) is 19.6 Å². The van der Waals surface area contributed by atoms with Crippen molar-refractivity contribution in [3.63, 3.8) is 0 Å². The quantitative estimate of drug-likeness (QED) is 0.385. The van der Waals surface area contributed by atoms with Crippen LogP contribution in [0.15, 0.2) is 29.4 Å². The average molecular weight is 481 g/mol. The molecular weight excluding hydrogens is 452 g/mol. The van der Waals surface area contributed by atoms with E-state index < -0.39 is 0 Å². The lowest BCUT2D eigenvalue weighted by atomic mass is 9.97. The molecule has 1 N–H and O–H groups in total. The Hall–Kier alpha value is -2.65. The summed E-state index contributed by atoms with van der Waals surface area (Å²) in [6, 6.07) is 7.81. The zero-order chi connectivity index (χ0) is 23.1. The first-order valence-corrected chi connectivity index (χ1v) is 13.1. The van der Waals surface area contributed by atoms with Crippen molar-refractivity contribution in [2.24, 2.45) is 0 Å². The van der Waals surface area contributed by atoms with Gasteiger partial charge in [-0.1, -0.05) is 25.6 Å². The van der Waals surface area contributed by atoms with Crippen LogP contribution >= 0.6 is 23.1 Å². The lowest BCUT2D eigenvalue weighted by molar-refractivity contribution is -0.113. The van der Waals surface area contributed by atoms with Gasteiger partial charge in [-0.2, -0.15) is 0 Å². The molecular formula is C24H28N6OS2. The summed E-state index contributed by atoms with van der Waals surface area (Å²) in [4.78, 5) is 22.2. The van der Waals surface area contributed by atoms with E-state index in [1.54, 1.807) is 0 Å². The molecule has 0 saturated carbocycles. The number of carbonyl (C=O) groups excluding carboxylic acids is 1. The number of anilines is 2. The van der Waals surface area contributed by atoms with Gasteiger partial charge in [-0.3, -0.25) is 9.20 Å². The number of rotatable bonds is 6. The van der Waals surface area contributed by atoms with Gasteiger partial charge in [-0.25, -0.2) is 4.98 Å². The number of benzene rings is 1. The van der Waals surface area contributed by atoms with E-state index in [4.69, 9.17) is 4.98 Å². The Bertz CT molecular complexity index is 1320. The van der Waals surface area contributed by atoms with Crippen LogP contribution < -0.4 is 10.2 Å². The Kier molecular flexibility index (Phi) is 6.01. The maximum Gasteiger partial charge on any atom is 0.234 e. The molecule has 0 atom stereocenters. The number of fused-ring (bicyclic) bond motifs is 5. The van der Waals surface area contributed by atoms with E-state index in [1.807, 2.05) is 54.6 Å². The number of hydrogen-bond acceptors (Lipinski definition) is 7. The van der Waals surface area contributed by atoms with Crippen LogP contribution in [0.1, 0.15) is 48.9 Å². The maximum atomic E-state index is 12.6. The molecule has 1 aromatic carbocycles. The molecule has 1 aliphatic carbocycles. The minimum Gasteiger partial charge on any atom is -0.378 e. The third kappa shape index (κ3) is 4.19. The highest BCUT2D eigenvalue weighted by Gasteiger charge is 2.24. The molecule has 4 aromatic rings. The van der Waals surface area contributed by atoms with Gasteiger partial charge in [0.15, 0.2) is 10.8 Å². The lowest BCUT2D eigenvalue weighted by Gasteiger charge is -2.13. The summed E-state index contributed by atoms with van der Waals surface area (Å²) in [5.74, 6) is 1.36.